The molecule has 0 bridgehead atoms. The molecule has 0 N–H and O–H groups in total. The van der Waals surface area contributed by atoms with Crippen molar-refractivity contribution in [2.75, 3.05) is 11.4 Å². The largest absolute Gasteiger partial charge is 0.450 e. The van der Waals surface area contributed by atoms with Crippen LogP contribution in [0.25, 0.3) is 11.0 Å². The molecule has 0 radical (unpaired) electrons. The average molecular weight is 479 g/mol. The average Bonchev–Trinajstić information content (AvgIpc) is 3.27. The van der Waals surface area contributed by atoms with E-state index < -0.39 is 11.4 Å². The van der Waals surface area contributed by atoms with Crippen LogP contribution in [0.1, 0.15) is 51.7 Å². The highest BCUT2D eigenvalue weighted by molar-refractivity contribution is 6.17. The lowest BCUT2D eigenvalue weighted by atomic mass is 9.83. The van der Waals surface area contributed by atoms with Gasteiger partial charge in [-0.15, -0.1) is 0 Å². The Balaban J connectivity index is 1.68. The minimum atomic E-state index is -1.55. The molecule has 6 nitrogen and oxygen atoms in total. The van der Waals surface area contributed by atoms with Gasteiger partial charge < -0.3 is 14.2 Å². The molecular formula is C30H26N2O4. The van der Waals surface area contributed by atoms with Gasteiger partial charge in [-0.25, -0.2) is 0 Å². The maximum atomic E-state index is 14.5. The molecule has 1 spiro atoms. The number of anilines is 1. The van der Waals surface area contributed by atoms with Crippen molar-refractivity contribution in [2.24, 2.45) is 0 Å². The number of aryl methyl sites for hydroxylation is 2. The summed E-state index contributed by atoms with van der Waals surface area (Å²) in [5, 5.41) is 0.383. The lowest BCUT2D eigenvalue weighted by Gasteiger charge is -2.34. The van der Waals surface area contributed by atoms with Crippen molar-refractivity contribution in [2.45, 2.75) is 39.3 Å². The topological polar surface area (TPSA) is 70.8 Å². The number of hydrogen-bond donors (Lipinski definition) is 0. The second-order valence-corrected chi connectivity index (χ2v) is 9.63. The van der Waals surface area contributed by atoms with Crippen LogP contribution in [0.3, 0.4) is 0 Å². The summed E-state index contributed by atoms with van der Waals surface area (Å²) in [7, 11) is 0. The van der Waals surface area contributed by atoms with Gasteiger partial charge in [0.25, 0.3) is 11.8 Å². The summed E-state index contributed by atoms with van der Waals surface area (Å²) in [6.07, 6.45) is 0.627. The highest BCUT2D eigenvalue weighted by Crippen LogP contribution is 2.52. The third kappa shape index (κ3) is 2.81. The van der Waals surface area contributed by atoms with Crippen molar-refractivity contribution in [3.8, 4) is 0 Å². The number of amides is 2. The first-order valence-electron chi connectivity index (χ1n) is 12.3. The van der Waals surface area contributed by atoms with Gasteiger partial charge >= 0.3 is 0 Å². The molecule has 180 valence electrons. The van der Waals surface area contributed by atoms with Crippen LogP contribution in [-0.4, -0.2) is 23.3 Å². The molecule has 2 aliphatic rings. The van der Waals surface area contributed by atoms with E-state index in [0.29, 0.717) is 41.7 Å². The van der Waals surface area contributed by atoms with Gasteiger partial charge in [-0.2, -0.15) is 0 Å². The lowest BCUT2D eigenvalue weighted by molar-refractivity contribution is -0.126. The number of nitrogens with zero attached hydrogens (tertiary/aromatic N) is 2. The van der Waals surface area contributed by atoms with Crippen molar-refractivity contribution in [3.63, 3.8) is 0 Å². The molecular weight excluding hydrogens is 452 g/mol. The van der Waals surface area contributed by atoms with Gasteiger partial charge in [0.05, 0.1) is 23.2 Å². The molecule has 3 heterocycles. The Hall–Kier alpha value is -4.19. The van der Waals surface area contributed by atoms with Crippen LogP contribution in [0.4, 0.5) is 5.69 Å². The molecule has 1 atom stereocenters. The first-order valence-corrected chi connectivity index (χ1v) is 12.3. The number of carbonyl (C=O) groups excluding carboxylic acids is 2. The Bertz CT molecular complexity index is 1620. The summed E-state index contributed by atoms with van der Waals surface area (Å²) < 4.78 is 6.15. The molecule has 0 fully saturated rings. The molecule has 6 heteroatoms. The van der Waals surface area contributed by atoms with Crippen molar-refractivity contribution in [1.82, 2.24) is 4.90 Å². The monoisotopic (exact) mass is 478 g/mol. The van der Waals surface area contributed by atoms with Gasteiger partial charge in [0.2, 0.25) is 5.76 Å². The summed E-state index contributed by atoms with van der Waals surface area (Å²) in [5.41, 5.74) is 2.83. The van der Waals surface area contributed by atoms with Gasteiger partial charge in [-0.3, -0.25) is 14.4 Å². The van der Waals surface area contributed by atoms with Crippen molar-refractivity contribution < 1.29 is 14.0 Å². The van der Waals surface area contributed by atoms with Crippen molar-refractivity contribution >= 4 is 28.5 Å². The number of carbonyl (C=O) groups is 2. The number of rotatable bonds is 4. The molecule has 2 amide bonds. The van der Waals surface area contributed by atoms with E-state index in [-0.39, 0.29) is 22.7 Å². The Morgan fingerprint density at radius 3 is 2.33 bits per heavy atom. The predicted molar refractivity (Wildman–Crippen MR) is 138 cm³/mol. The Labute approximate surface area is 208 Å². The van der Waals surface area contributed by atoms with Crippen LogP contribution < -0.4 is 10.3 Å². The van der Waals surface area contributed by atoms with E-state index in [1.54, 1.807) is 21.9 Å². The molecule has 3 aromatic carbocycles. The van der Waals surface area contributed by atoms with Gasteiger partial charge in [0.1, 0.15) is 5.58 Å². The van der Waals surface area contributed by atoms with Crippen molar-refractivity contribution in [1.29, 1.82) is 0 Å². The van der Waals surface area contributed by atoms with E-state index in [2.05, 4.69) is 0 Å². The number of para-hydroxylation sites is 1. The molecule has 4 aromatic rings. The summed E-state index contributed by atoms with van der Waals surface area (Å²) in [4.78, 5) is 45.8. The van der Waals surface area contributed by atoms with Crippen LogP contribution in [0.2, 0.25) is 0 Å². The molecule has 0 saturated heterocycles. The maximum Gasteiger partial charge on any atom is 0.291 e. The Morgan fingerprint density at radius 1 is 0.889 bits per heavy atom. The molecule has 1 unspecified atom stereocenters. The normalized spacial score (nSPS) is 18.4. The van der Waals surface area contributed by atoms with E-state index >= 15 is 0 Å². The standard InChI is InChI=1S/C30H26N2O4/c1-4-14-32-28(34)27-25(26(33)21-15-18(2)19(3)16-24(21)36-27)30(32)22-12-8-9-13-23(22)31(29(30)35)17-20-10-6-5-7-11-20/h5-13,15-16H,4,14,17H2,1-3H3. The SMILES string of the molecule is CCCN1C(=O)c2oc3cc(C)c(C)cc3c(=O)c2C12C(=O)N(Cc1ccccc1)c1ccccc12. The maximum absolute atomic E-state index is 14.5. The van der Waals surface area contributed by atoms with E-state index in [0.717, 1.165) is 16.7 Å². The highest BCUT2D eigenvalue weighted by Gasteiger charge is 2.64. The first kappa shape index (κ1) is 22.3. The van der Waals surface area contributed by atoms with E-state index in [1.807, 2.05) is 75.4 Å². The second-order valence-electron chi connectivity index (χ2n) is 9.63. The van der Waals surface area contributed by atoms with Crippen molar-refractivity contribution in [3.05, 3.63) is 111 Å². The van der Waals surface area contributed by atoms with Crippen LogP contribution in [-0.2, 0) is 16.9 Å². The summed E-state index contributed by atoms with van der Waals surface area (Å²) in [6, 6.07) is 20.8. The molecule has 36 heavy (non-hydrogen) atoms. The first-order chi connectivity index (χ1) is 17.4. The minimum Gasteiger partial charge on any atom is -0.450 e. The van der Waals surface area contributed by atoms with Gasteiger partial charge in [0.15, 0.2) is 11.0 Å². The fourth-order valence-electron chi connectivity index (χ4n) is 5.69. The molecule has 6 rings (SSSR count). The van der Waals surface area contributed by atoms with Gasteiger partial charge in [-0.05, 0) is 55.2 Å². The van der Waals surface area contributed by atoms with Gasteiger partial charge in [-0.1, -0.05) is 55.5 Å². The quantitative estimate of drug-likeness (QED) is 0.411. The number of hydrogen-bond acceptors (Lipinski definition) is 4. The highest BCUT2D eigenvalue weighted by atomic mass is 16.3. The fourth-order valence-corrected chi connectivity index (χ4v) is 5.69. The van der Waals surface area contributed by atoms with E-state index in [4.69, 9.17) is 4.42 Å². The van der Waals surface area contributed by atoms with Crippen LogP contribution in [0.5, 0.6) is 0 Å². The predicted octanol–water partition coefficient (Wildman–Crippen LogP) is 5.07. The molecule has 2 aliphatic heterocycles. The van der Waals surface area contributed by atoms with Crippen LogP contribution in [0.15, 0.2) is 75.9 Å². The number of benzene rings is 3. The summed E-state index contributed by atoms with van der Waals surface area (Å²) in [6.45, 7) is 6.47. The minimum absolute atomic E-state index is 0.0334. The zero-order valence-electron chi connectivity index (χ0n) is 20.5. The smallest absolute Gasteiger partial charge is 0.291 e. The summed E-state index contributed by atoms with van der Waals surface area (Å²) >= 11 is 0. The molecule has 0 aliphatic carbocycles. The second kappa shape index (κ2) is 7.92. The Morgan fingerprint density at radius 2 is 1.58 bits per heavy atom. The molecule has 0 saturated carbocycles. The fraction of sp³-hybridized carbons (Fsp3) is 0.233. The van der Waals surface area contributed by atoms with Crippen LogP contribution in [0, 0.1) is 13.8 Å². The summed E-state index contributed by atoms with van der Waals surface area (Å²) in [5.74, 6) is -0.758. The van der Waals surface area contributed by atoms with Gasteiger partial charge in [0, 0.05) is 12.1 Å². The third-order valence-corrected chi connectivity index (χ3v) is 7.48. The number of fused-ring (bicyclic) bond motifs is 5. The van der Waals surface area contributed by atoms with E-state index in [1.165, 1.54) is 0 Å². The lowest BCUT2D eigenvalue weighted by Crippen LogP contribution is -2.53. The third-order valence-electron chi connectivity index (χ3n) is 7.48. The van der Waals surface area contributed by atoms with E-state index in [9.17, 15) is 14.4 Å². The molecule has 1 aromatic heterocycles. The zero-order valence-corrected chi connectivity index (χ0v) is 20.5. The van der Waals surface area contributed by atoms with Crippen LogP contribution >= 0.6 is 0 Å². The zero-order chi connectivity index (χ0) is 25.2. The Kier molecular flexibility index (Phi) is 4.90.